The molecule has 0 bridgehead atoms. The van der Waals surface area contributed by atoms with Crippen LogP contribution in [0.2, 0.25) is 0 Å². The average molecular weight is 323 g/mol. The van der Waals surface area contributed by atoms with Crippen LogP contribution in [0.25, 0.3) is 0 Å². The highest BCUT2D eigenvalue weighted by molar-refractivity contribution is 5.79. The molecule has 6 nitrogen and oxygen atoms in total. The van der Waals surface area contributed by atoms with Gasteiger partial charge >= 0.3 is 0 Å². The molecule has 0 aliphatic carbocycles. The molecule has 0 aromatic heterocycles. The largest absolute Gasteiger partial charge is 0.502 e. The molecule has 0 aliphatic rings. The first-order valence-electron chi connectivity index (χ1n) is 8.00. The van der Waals surface area contributed by atoms with Crippen LogP contribution in [0, 0.1) is 0 Å². The number of aliphatic imine (C=N–C) groups is 1. The number of nitrogens with one attached hydrogen (secondary N) is 1. The van der Waals surface area contributed by atoms with Crippen molar-refractivity contribution in [3.63, 3.8) is 0 Å². The second-order valence-electron chi connectivity index (χ2n) is 5.29. The summed E-state index contributed by atoms with van der Waals surface area (Å²) in [4.78, 5) is 6.78. The molecule has 0 heterocycles. The van der Waals surface area contributed by atoms with Gasteiger partial charge in [-0.15, -0.1) is 0 Å². The predicted octanol–water partition coefficient (Wildman–Crippen LogP) is 2.61. The normalized spacial score (nSPS) is 11.3. The number of benzene rings is 1. The smallest absolute Gasteiger partial charge is 0.200 e. The van der Waals surface area contributed by atoms with E-state index in [0.29, 0.717) is 18.0 Å². The zero-order valence-electron chi connectivity index (χ0n) is 14.8. The van der Waals surface area contributed by atoms with Gasteiger partial charge in [0, 0.05) is 20.1 Å². The van der Waals surface area contributed by atoms with Gasteiger partial charge in [-0.2, -0.15) is 0 Å². The van der Waals surface area contributed by atoms with Crippen LogP contribution in [0.1, 0.15) is 32.3 Å². The third-order valence-corrected chi connectivity index (χ3v) is 3.49. The lowest BCUT2D eigenvalue weighted by Crippen LogP contribution is -2.39. The van der Waals surface area contributed by atoms with Gasteiger partial charge in [0.05, 0.1) is 20.8 Å². The monoisotopic (exact) mass is 323 g/mol. The van der Waals surface area contributed by atoms with Crippen LogP contribution >= 0.6 is 0 Å². The molecule has 0 spiro atoms. The fourth-order valence-electron chi connectivity index (χ4n) is 2.18. The molecular formula is C17H29N3O3. The predicted molar refractivity (Wildman–Crippen MR) is 93.6 cm³/mol. The average Bonchev–Trinajstić information content (AvgIpc) is 2.57. The van der Waals surface area contributed by atoms with E-state index in [1.54, 1.807) is 12.1 Å². The van der Waals surface area contributed by atoms with E-state index in [-0.39, 0.29) is 5.75 Å². The Hall–Kier alpha value is -2.11. The first-order valence-corrected chi connectivity index (χ1v) is 8.00. The van der Waals surface area contributed by atoms with Crippen molar-refractivity contribution in [2.24, 2.45) is 4.99 Å². The second kappa shape index (κ2) is 9.82. The molecule has 0 unspecified atom stereocenters. The molecule has 0 saturated heterocycles. The number of aromatic hydroxyl groups is 1. The Bertz CT molecular complexity index is 493. The van der Waals surface area contributed by atoms with Gasteiger partial charge in [-0.1, -0.05) is 13.3 Å². The summed E-state index contributed by atoms with van der Waals surface area (Å²) in [6, 6.07) is 3.55. The van der Waals surface area contributed by atoms with Gasteiger partial charge in [0.2, 0.25) is 5.75 Å². The molecule has 130 valence electrons. The Morgan fingerprint density at radius 2 is 1.83 bits per heavy atom. The van der Waals surface area contributed by atoms with Crippen molar-refractivity contribution >= 4 is 5.96 Å². The number of nitrogens with zero attached hydrogens (tertiary/aromatic N) is 2. The summed E-state index contributed by atoms with van der Waals surface area (Å²) >= 11 is 0. The van der Waals surface area contributed by atoms with Crippen molar-refractivity contribution in [1.82, 2.24) is 10.2 Å². The molecule has 0 amide bonds. The fraction of sp³-hybridized carbons (Fsp3) is 0.588. The zero-order valence-corrected chi connectivity index (χ0v) is 14.8. The van der Waals surface area contributed by atoms with Gasteiger partial charge in [0.1, 0.15) is 0 Å². The zero-order chi connectivity index (χ0) is 17.2. The van der Waals surface area contributed by atoms with Gasteiger partial charge in [0.25, 0.3) is 0 Å². The summed E-state index contributed by atoms with van der Waals surface area (Å²) < 4.78 is 10.4. The second-order valence-corrected chi connectivity index (χ2v) is 5.29. The van der Waals surface area contributed by atoms with Crippen molar-refractivity contribution in [2.45, 2.75) is 33.2 Å². The van der Waals surface area contributed by atoms with Gasteiger partial charge in [0.15, 0.2) is 17.5 Å². The maximum atomic E-state index is 9.95. The summed E-state index contributed by atoms with van der Waals surface area (Å²) in [7, 11) is 5.07. The third-order valence-electron chi connectivity index (χ3n) is 3.49. The minimum absolute atomic E-state index is 0.00898. The van der Waals surface area contributed by atoms with E-state index in [9.17, 15) is 5.11 Å². The number of methoxy groups -OCH3 is 2. The Morgan fingerprint density at radius 3 is 2.30 bits per heavy atom. The summed E-state index contributed by atoms with van der Waals surface area (Å²) in [5.41, 5.74) is 0.913. The number of rotatable bonds is 8. The van der Waals surface area contributed by atoms with Gasteiger partial charge in [-0.3, -0.25) is 0 Å². The highest BCUT2D eigenvalue weighted by Gasteiger charge is 2.11. The molecule has 0 saturated carbocycles. The van der Waals surface area contributed by atoms with E-state index in [0.717, 1.165) is 37.5 Å². The molecule has 0 radical (unpaired) electrons. The highest BCUT2D eigenvalue weighted by Crippen LogP contribution is 2.37. The van der Waals surface area contributed by atoms with Crippen molar-refractivity contribution in [1.29, 1.82) is 0 Å². The van der Waals surface area contributed by atoms with Crippen molar-refractivity contribution in [2.75, 3.05) is 34.4 Å². The lowest BCUT2D eigenvalue weighted by molar-refractivity contribution is 0.339. The topological polar surface area (TPSA) is 66.3 Å². The number of hydrogen-bond acceptors (Lipinski definition) is 4. The molecule has 1 aromatic rings. The van der Waals surface area contributed by atoms with Crippen LogP contribution in [0.3, 0.4) is 0 Å². The number of unbranched alkanes of at least 4 members (excludes halogenated alkanes) is 1. The van der Waals surface area contributed by atoms with Crippen molar-refractivity contribution < 1.29 is 14.6 Å². The summed E-state index contributed by atoms with van der Waals surface area (Å²) in [5.74, 6) is 1.65. The number of ether oxygens (including phenoxy) is 2. The number of phenolic OH excluding ortho intramolecular Hbond substituents is 1. The molecule has 0 aliphatic heterocycles. The van der Waals surface area contributed by atoms with E-state index in [1.165, 1.54) is 14.2 Å². The van der Waals surface area contributed by atoms with Gasteiger partial charge in [-0.25, -0.2) is 4.99 Å². The summed E-state index contributed by atoms with van der Waals surface area (Å²) in [5, 5.41) is 13.2. The van der Waals surface area contributed by atoms with E-state index in [1.807, 2.05) is 7.05 Å². The Labute approximate surface area is 139 Å². The van der Waals surface area contributed by atoms with Crippen LogP contribution in [0.4, 0.5) is 0 Å². The minimum atomic E-state index is 0.00898. The molecule has 1 aromatic carbocycles. The summed E-state index contributed by atoms with van der Waals surface area (Å²) in [6.07, 6.45) is 2.28. The summed E-state index contributed by atoms with van der Waals surface area (Å²) in [6.45, 7) is 6.48. The van der Waals surface area contributed by atoms with Crippen LogP contribution in [-0.2, 0) is 6.54 Å². The SMILES string of the molecule is CCCCN(C)C(=NCc1cc(OC)c(O)c(OC)c1)NCC. The molecule has 6 heteroatoms. The minimum Gasteiger partial charge on any atom is -0.502 e. The maximum Gasteiger partial charge on any atom is 0.200 e. The lowest BCUT2D eigenvalue weighted by Gasteiger charge is -2.21. The van der Waals surface area contributed by atoms with E-state index < -0.39 is 0 Å². The van der Waals surface area contributed by atoms with Crippen LogP contribution in [0.5, 0.6) is 17.2 Å². The Kier molecular flexibility index (Phi) is 8.08. The van der Waals surface area contributed by atoms with Crippen molar-refractivity contribution in [3.05, 3.63) is 17.7 Å². The molecule has 2 N–H and O–H groups in total. The van der Waals surface area contributed by atoms with Crippen LogP contribution < -0.4 is 14.8 Å². The standard InChI is InChI=1S/C17H29N3O3/c1-6-8-9-20(3)17(18-7-2)19-12-13-10-14(22-4)16(21)15(11-13)23-5/h10-11,21H,6-9,12H2,1-5H3,(H,18,19). The van der Waals surface area contributed by atoms with E-state index in [2.05, 4.69) is 29.1 Å². The van der Waals surface area contributed by atoms with Crippen molar-refractivity contribution in [3.8, 4) is 17.2 Å². The molecule has 23 heavy (non-hydrogen) atoms. The van der Waals surface area contributed by atoms with E-state index >= 15 is 0 Å². The Balaban J connectivity index is 2.94. The number of hydrogen-bond donors (Lipinski definition) is 2. The number of phenols is 1. The van der Waals surface area contributed by atoms with Crippen LogP contribution in [0.15, 0.2) is 17.1 Å². The van der Waals surface area contributed by atoms with Gasteiger partial charge in [-0.05, 0) is 31.0 Å². The molecule has 0 atom stereocenters. The Morgan fingerprint density at radius 1 is 1.22 bits per heavy atom. The first kappa shape index (κ1) is 18.9. The van der Waals surface area contributed by atoms with E-state index in [4.69, 9.17) is 9.47 Å². The lowest BCUT2D eigenvalue weighted by atomic mass is 10.2. The number of guanidine groups is 1. The van der Waals surface area contributed by atoms with Crippen LogP contribution in [-0.4, -0.2) is 50.3 Å². The molecule has 1 rings (SSSR count). The first-order chi connectivity index (χ1) is 11.1. The quantitative estimate of drug-likeness (QED) is 0.569. The maximum absolute atomic E-state index is 9.95. The molecular weight excluding hydrogens is 294 g/mol. The molecule has 0 fully saturated rings. The highest BCUT2D eigenvalue weighted by atomic mass is 16.5. The fourth-order valence-corrected chi connectivity index (χ4v) is 2.18. The van der Waals surface area contributed by atoms with Gasteiger partial charge < -0.3 is 24.8 Å². The third kappa shape index (κ3) is 5.54.